The van der Waals surface area contributed by atoms with Crippen molar-refractivity contribution in [3.8, 4) is 22.6 Å². The number of carbonyl (C=O) groups excluding carboxylic acids is 3. The molecule has 8 rings (SSSR count). The third-order valence-electron chi connectivity index (χ3n) is 12.0. The van der Waals surface area contributed by atoms with Crippen LogP contribution in [-0.4, -0.2) is 132 Å². The van der Waals surface area contributed by atoms with Gasteiger partial charge in [0.15, 0.2) is 0 Å². The van der Waals surface area contributed by atoms with E-state index >= 15 is 0 Å². The average molecular weight is 764 g/mol. The lowest BCUT2D eigenvalue weighted by atomic mass is 9.97. The molecule has 0 radical (unpaired) electrons. The van der Waals surface area contributed by atoms with Gasteiger partial charge < -0.3 is 24.3 Å². The van der Waals surface area contributed by atoms with Crippen molar-refractivity contribution in [2.75, 3.05) is 71.5 Å². The van der Waals surface area contributed by atoms with E-state index in [9.17, 15) is 19.2 Å². The van der Waals surface area contributed by atoms with Gasteiger partial charge in [0.25, 0.3) is 11.5 Å². The summed E-state index contributed by atoms with van der Waals surface area (Å²) in [5.74, 6) is 0.318. The standard InChI is InChI=1S/C41H49N9O6/c1-46-24-32(30-8-11-42-21-31(30)41(46)54)26-18-36(55-2)33(37(19-26)56-3)25-47-14-16-49(17-15-47)27-9-12-48(13-10-27)29-22-50(23-29)28-4-5-34(43-20-28)39(52)44-35-6-7-38(51)45-40(35)53/h4-5,8,11,18-21,24,27,29,35H,6-7,9-10,12-17,22-23,25H2,1-3H3,(H,44,52)(H,45,51,53). The minimum atomic E-state index is -0.724. The smallest absolute Gasteiger partial charge is 0.270 e. The van der Waals surface area contributed by atoms with Gasteiger partial charge in [-0.2, -0.15) is 0 Å². The number of piperazine rings is 1. The Labute approximate surface area is 325 Å². The highest BCUT2D eigenvalue weighted by Gasteiger charge is 2.36. The fourth-order valence-electron chi connectivity index (χ4n) is 8.63. The van der Waals surface area contributed by atoms with Gasteiger partial charge in [0.1, 0.15) is 23.2 Å². The van der Waals surface area contributed by atoms with Gasteiger partial charge in [-0.1, -0.05) is 0 Å². The van der Waals surface area contributed by atoms with E-state index in [0.717, 1.165) is 111 Å². The molecule has 4 aliphatic rings. The van der Waals surface area contributed by atoms with Crippen LogP contribution < -0.4 is 30.6 Å². The van der Waals surface area contributed by atoms with Crippen LogP contribution in [-0.2, 0) is 23.2 Å². The fraction of sp³-hybridized carbons (Fsp3) is 0.463. The SMILES string of the molecule is COc1cc(-c2cn(C)c(=O)c3cnccc23)cc(OC)c1CN1CCN(C2CCN(C3CN(c4ccc(C(=O)NC5CCC(=O)NC5=O)nc4)C3)CC2)CC1. The highest BCUT2D eigenvalue weighted by molar-refractivity contribution is 6.03. The quantitative estimate of drug-likeness (QED) is 0.227. The van der Waals surface area contributed by atoms with Crippen LogP contribution >= 0.6 is 0 Å². The zero-order valence-corrected chi connectivity index (χ0v) is 32.2. The molecular weight excluding hydrogens is 715 g/mol. The summed E-state index contributed by atoms with van der Waals surface area (Å²) < 4.78 is 13.5. The van der Waals surface area contributed by atoms with Crippen molar-refractivity contribution in [1.82, 2.24) is 39.9 Å². The molecule has 0 aliphatic carbocycles. The highest BCUT2D eigenvalue weighted by Crippen LogP contribution is 2.38. The Kier molecular flexibility index (Phi) is 10.7. The zero-order valence-electron chi connectivity index (χ0n) is 32.2. The van der Waals surface area contributed by atoms with Gasteiger partial charge in [-0.25, -0.2) is 4.98 Å². The maximum atomic E-state index is 12.8. The van der Waals surface area contributed by atoms with Crippen LogP contribution in [0.3, 0.4) is 0 Å². The van der Waals surface area contributed by atoms with Gasteiger partial charge >= 0.3 is 0 Å². The predicted molar refractivity (Wildman–Crippen MR) is 211 cm³/mol. The van der Waals surface area contributed by atoms with E-state index in [1.807, 2.05) is 30.5 Å². The molecule has 3 aromatic heterocycles. The van der Waals surface area contributed by atoms with Crippen LogP contribution in [0, 0.1) is 0 Å². The summed E-state index contributed by atoms with van der Waals surface area (Å²) in [7, 11) is 5.15. The van der Waals surface area contributed by atoms with Crippen molar-refractivity contribution < 1.29 is 23.9 Å². The number of hydrogen-bond donors (Lipinski definition) is 2. The molecule has 294 valence electrons. The van der Waals surface area contributed by atoms with Crippen molar-refractivity contribution in [2.24, 2.45) is 7.05 Å². The Bertz CT molecular complexity index is 2150. The number of pyridine rings is 3. The molecule has 0 spiro atoms. The topological polar surface area (TPSA) is 154 Å². The summed E-state index contributed by atoms with van der Waals surface area (Å²) in [6.07, 6.45) is 9.73. The highest BCUT2D eigenvalue weighted by atomic mass is 16.5. The summed E-state index contributed by atoms with van der Waals surface area (Å²) in [4.78, 5) is 67.4. The number of amides is 3. The lowest BCUT2D eigenvalue weighted by Crippen LogP contribution is -2.62. The van der Waals surface area contributed by atoms with Gasteiger partial charge in [0.05, 0.1) is 37.1 Å². The molecule has 15 heteroatoms. The van der Waals surface area contributed by atoms with E-state index in [0.29, 0.717) is 23.9 Å². The maximum Gasteiger partial charge on any atom is 0.270 e. The van der Waals surface area contributed by atoms with Crippen LogP contribution in [0.1, 0.15) is 41.7 Å². The second-order valence-corrected chi connectivity index (χ2v) is 15.3. The molecule has 3 amide bonds. The molecule has 15 nitrogen and oxygen atoms in total. The van der Waals surface area contributed by atoms with Crippen molar-refractivity contribution in [2.45, 2.75) is 50.4 Å². The second-order valence-electron chi connectivity index (χ2n) is 15.3. The molecule has 1 unspecified atom stereocenters. The Morgan fingerprint density at radius 1 is 0.875 bits per heavy atom. The number of piperidine rings is 2. The number of fused-ring (bicyclic) bond motifs is 1. The first-order valence-corrected chi connectivity index (χ1v) is 19.4. The van der Waals surface area contributed by atoms with Crippen molar-refractivity contribution >= 4 is 34.2 Å². The summed E-state index contributed by atoms with van der Waals surface area (Å²) >= 11 is 0. The number of aryl methyl sites for hydroxylation is 1. The maximum absolute atomic E-state index is 12.8. The number of ether oxygens (including phenoxy) is 2. The van der Waals surface area contributed by atoms with Gasteiger partial charge in [-0.05, 0) is 60.5 Å². The Hall–Kier alpha value is -5.38. The molecule has 1 atom stereocenters. The van der Waals surface area contributed by atoms with Gasteiger partial charge in [-0.15, -0.1) is 0 Å². The van der Waals surface area contributed by atoms with E-state index in [1.54, 1.807) is 50.5 Å². The van der Waals surface area contributed by atoms with Crippen LogP contribution in [0.5, 0.6) is 11.5 Å². The van der Waals surface area contributed by atoms with E-state index in [4.69, 9.17) is 9.47 Å². The Balaban J connectivity index is 0.807. The molecule has 4 aromatic rings. The van der Waals surface area contributed by atoms with Crippen LogP contribution in [0.25, 0.3) is 21.9 Å². The average Bonchev–Trinajstić information content (AvgIpc) is 3.20. The van der Waals surface area contributed by atoms with E-state index in [1.165, 1.54) is 0 Å². The Morgan fingerprint density at radius 3 is 2.25 bits per heavy atom. The van der Waals surface area contributed by atoms with Crippen molar-refractivity contribution in [3.63, 3.8) is 0 Å². The molecule has 4 saturated heterocycles. The van der Waals surface area contributed by atoms with E-state index in [2.05, 4.69) is 40.2 Å². The summed E-state index contributed by atoms with van der Waals surface area (Å²) in [6.45, 7) is 8.74. The molecule has 0 bridgehead atoms. The third kappa shape index (κ3) is 7.58. The minimum Gasteiger partial charge on any atom is -0.496 e. The number of imide groups is 1. The van der Waals surface area contributed by atoms with E-state index < -0.39 is 17.9 Å². The monoisotopic (exact) mass is 763 g/mol. The number of aromatic nitrogens is 3. The van der Waals surface area contributed by atoms with Gasteiger partial charge in [0.2, 0.25) is 11.8 Å². The lowest BCUT2D eigenvalue weighted by molar-refractivity contribution is -0.134. The number of rotatable bonds is 10. The predicted octanol–water partition coefficient (Wildman–Crippen LogP) is 2.02. The molecule has 0 saturated carbocycles. The zero-order chi connectivity index (χ0) is 38.9. The van der Waals surface area contributed by atoms with Crippen molar-refractivity contribution in [1.29, 1.82) is 0 Å². The Morgan fingerprint density at radius 2 is 1.59 bits per heavy atom. The normalized spacial score (nSPS) is 20.5. The fourth-order valence-corrected chi connectivity index (χ4v) is 8.63. The molecule has 4 fully saturated rings. The number of methoxy groups -OCH3 is 2. The first-order valence-electron chi connectivity index (χ1n) is 19.4. The van der Waals surface area contributed by atoms with Crippen LogP contribution in [0.15, 0.2) is 59.9 Å². The summed E-state index contributed by atoms with van der Waals surface area (Å²) in [6, 6.07) is 9.93. The largest absolute Gasteiger partial charge is 0.496 e. The van der Waals surface area contributed by atoms with Crippen molar-refractivity contribution in [3.05, 3.63) is 76.7 Å². The number of benzene rings is 1. The molecular formula is C41H49N9O6. The van der Waals surface area contributed by atoms with Gasteiger partial charge in [0, 0.05) is 109 Å². The molecule has 56 heavy (non-hydrogen) atoms. The molecule has 2 N–H and O–H groups in total. The molecule has 1 aromatic carbocycles. The van der Waals surface area contributed by atoms with Crippen LogP contribution in [0.4, 0.5) is 5.69 Å². The summed E-state index contributed by atoms with van der Waals surface area (Å²) in [5.41, 5.74) is 4.01. The number of carbonyl (C=O) groups is 3. The number of nitrogens with zero attached hydrogens (tertiary/aromatic N) is 7. The number of anilines is 1. The lowest BCUT2D eigenvalue weighted by Gasteiger charge is -2.50. The van der Waals surface area contributed by atoms with Crippen LogP contribution in [0.2, 0.25) is 0 Å². The van der Waals surface area contributed by atoms with Gasteiger partial charge in [-0.3, -0.25) is 44.2 Å². The molecule has 4 aliphatic heterocycles. The third-order valence-corrected chi connectivity index (χ3v) is 12.0. The summed E-state index contributed by atoms with van der Waals surface area (Å²) in [5, 5.41) is 6.36. The number of nitrogens with one attached hydrogen (secondary N) is 2. The molecule has 7 heterocycles. The number of likely N-dealkylation sites (tertiary alicyclic amines) is 1. The first-order chi connectivity index (χ1) is 27.2. The first kappa shape index (κ1) is 37.5. The van der Waals surface area contributed by atoms with E-state index in [-0.39, 0.29) is 23.6 Å². The number of hydrogen-bond acceptors (Lipinski definition) is 12. The minimum absolute atomic E-state index is 0.0820. The second kappa shape index (κ2) is 16.0.